The number of allylic oxidation sites excluding steroid dienone is 2. The van der Waals surface area contributed by atoms with Gasteiger partial charge in [-0.15, -0.1) is 0 Å². The van der Waals surface area contributed by atoms with Crippen molar-refractivity contribution >= 4 is 5.78 Å². The van der Waals surface area contributed by atoms with Crippen LogP contribution in [0, 0.1) is 11.8 Å². The molecule has 1 fully saturated rings. The van der Waals surface area contributed by atoms with Crippen LogP contribution in [-0.4, -0.2) is 24.8 Å². The zero-order chi connectivity index (χ0) is 11.3. The molecule has 16 heavy (non-hydrogen) atoms. The summed E-state index contributed by atoms with van der Waals surface area (Å²) in [6.07, 6.45) is 5.03. The van der Waals surface area contributed by atoms with Gasteiger partial charge in [0.25, 0.3) is 0 Å². The van der Waals surface area contributed by atoms with Crippen molar-refractivity contribution in [1.82, 2.24) is 0 Å². The quantitative estimate of drug-likeness (QED) is 0.625. The van der Waals surface area contributed by atoms with Crippen LogP contribution in [0.4, 0.5) is 0 Å². The molecule has 3 nitrogen and oxygen atoms in total. The Labute approximate surface area is 95.1 Å². The third kappa shape index (κ3) is 1.08. The highest BCUT2D eigenvalue weighted by atomic mass is 16.7. The van der Waals surface area contributed by atoms with Crippen molar-refractivity contribution in [2.45, 2.75) is 26.1 Å². The lowest BCUT2D eigenvalue weighted by Gasteiger charge is -2.40. The molecule has 0 bridgehead atoms. The predicted octanol–water partition coefficient (Wildman–Crippen LogP) is 1.84. The summed E-state index contributed by atoms with van der Waals surface area (Å²) in [6, 6.07) is 0. The van der Waals surface area contributed by atoms with Crippen LogP contribution in [0.15, 0.2) is 23.3 Å². The monoisotopic (exact) mass is 220 g/mol. The van der Waals surface area contributed by atoms with Gasteiger partial charge < -0.3 is 9.47 Å². The highest BCUT2D eigenvalue weighted by Crippen LogP contribution is 2.47. The first kappa shape index (κ1) is 10.2. The van der Waals surface area contributed by atoms with Crippen LogP contribution in [0.25, 0.3) is 0 Å². The fourth-order valence-corrected chi connectivity index (χ4v) is 3.07. The number of carbonyl (C=O) groups excluding carboxylic acids is 1. The normalized spacial score (nSPS) is 36.2. The molecule has 0 N–H and O–H groups in total. The van der Waals surface area contributed by atoms with Crippen molar-refractivity contribution in [2.24, 2.45) is 11.8 Å². The minimum Gasteiger partial charge on any atom is -0.343 e. The van der Waals surface area contributed by atoms with Crippen LogP contribution < -0.4 is 0 Å². The van der Waals surface area contributed by atoms with Crippen molar-refractivity contribution < 1.29 is 14.3 Å². The molecule has 0 aromatic heterocycles. The first-order valence-electron chi connectivity index (χ1n) is 5.88. The molecule has 0 saturated carbocycles. The lowest BCUT2D eigenvalue weighted by atomic mass is 9.74. The maximum atomic E-state index is 12.2. The van der Waals surface area contributed by atoms with Gasteiger partial charge in [-0.3, -0.25) is 4.79 Å². The summed E-state index contributed by atoms with van der Waals surface area (Å²) in [6.45, 7) is 5.07. The van der Waals surface area contributed by atoms with Gasteiger partial charge in [-0.1, -0.05) is 19.1 Å². The molecule has 0 aromatic carbocycles. The summed E-state index contributed by atoms with van der Waals surface area (Å²) in [4.78, 5) is 12.2. The molecule has 2 aliphatic carbocycles. The van der Waals surface area contributed by atoms with E-state index in [0.717, 1.165) is 12.0 Å². The van der Waals surface area contributed by atoms with E-state index < -0.39 is 5.79 Å². The summed E-state index contributed by atoms with van der Waals surface area (Å²) in [5.41, 5.74) is 2.29. The molecule has 3 heteroatoms. The molecule has 3 aliphatic rings. The largest absolute Gasteiger partial charge is 0.343 e. The molecule has 0 unspecified atom stereocenters. The van der Waals surface area contributed by atoms with Gasteiger partial charge in [0.05, 0.1) is 19.1 Å². The molecule has 0 aromatic rings. The number of fused-ring (bicyclic) bond motifs is 1. The first-order valence-corrected chi connectivity index (χ1v) is 5.88. The smallest absolute Gasteiger partial charge is 0.204 e. The van der Waals surface area contributed by atoms with Crippen LogP contribution in [0.2, 0.25) is 0 Å². The highest BCUT2D eigenvalue weighted by molar-refractivity contribution is 5.89. The van der Waals surface area contributed by atoms with Gasteiger partial charge in [0.1, 0.15) is 5.78 Å². The molecule has 0 amide bonds. The lowest BCUT2D eigenvalue weighted by molar-refractivity contribution is -0.175. The molecular weight excluding hydrogens is 204 g/mol. The average molecular weight is 220 g/mol. The number of ketones is 1. The second-order valence-electron chi connectivity index (χ2n) is 4.76. The predicted molar refractivity (Wildman–Crippen MR) is 58.8 cm³/mol. The Morgan fingerprint density at radius 2 is 2.00 bits per heavy atom. The lowest BCUT2D eigenvalue weighted by Crippen LogP contribution is -2.49. The molecule has 2 atom stereocenters. The van der Waals surface area contributed by atoms with E-state index in [9.17, 15) is 4.79 Å². The van der Waals surface area contributed by atoms with E-state index in [1.54, 1.807) is 0 Å². The van der Waals surface area contributed by atoms with Crippen molar-refractivity contribution in [3.63, 3.8) is 0 Å². The van der Waals surface area contributed by atoms with Crippen molar-refractivity contribution in [3.8, 4) is 0 Å². The maximum Gasteiger partial charge on any atom is 0.204 e. The van der Waals surface area contributed by atoms with Crippen molar-refractivity contribution in [2.75, 3.05) is 13.2 Å². The molecule has 1 aliphatic heterocycles. The van der Waals surface area contributed by atoms with E-state index in [1.165, 1.54) is 5.57 Å². The number of rotatable bonds is 0. The highest BCUT2D eigenvalue weighted by Gasteiger charge is 2.54. The first-order chi connectivity index (χ1) is 7.67. The molecule has 1 spiro atoms. The Morgan fingerprint density at radius 1 is 1.31 bits per heavy atom. The minimum absolute atomic E-state index is 0.0124. The van der Waals surface area contributed by atoms with E-state index in [1.807, 2.05) is 13.8 Å². The van der Waals surface area contributed by atoms with Gasteiger partial charge in [0.2, 0.25) is 5.79 Å². The molecule has 86 valence electrons. The van der Waals surface area contributed by atoms with Crippen LogP contribution >= 0.6 is 0 Å². The van der Waals surface area contributed by atoms with Crippen molar-refractivity contribution in [3.05, 3.63) is 23.3 Å². The van der Waals surface area contributed by atoms with Gasteiger partial charge in [0.15, 0.2) is 0 Å². The summed E-state index contributed by atoms with van der Waals surface area (Å²) < 4.78 is 11.5. The van der Waals surface area contributed by atoms with E-state index >= 15 is 0 Å². The number of hydrogen-bond acceptors (Lipinski definition) is 3. The van der Waals surface area contributed by atoms with Crippen LogP contribution in [-0.2, 0) is 14.3 Å². The fraction of sp³-hybridized carbons (Fsp3) is 0.615. The maximum absolute atomic E-state index is 12.2. The van der Waals surface area contributed by atoms with Crippen LogP contribution in [0.5, 0.6) is 0 Å². The Morgan fingerprint density at radius 3 is 2.69 bits per heavy atom. The van der Waals surface area contributed by atoms with Crippen LogP contribution in [0.3, 0.4) is 0 Å². The molecular formula is C13H16O3. The topological polar surface area (TPSA) is 35.5 Å². The zero-order valence-electron chi connectivity index (χ0n) is 9.66. The third-order valence-electron chi connectivity index (χ3n) is 4.01. The Kier molecular flexibility index (Phi) is 2.10. The Hall–Kier alpha value is -0.930. The zero-order valence-corrected chi connectivity index (χ0v) is 9.66. The number of hydrogen-bond donors (Lipinski definition) is 0. The standard InChI is InChI=1S/C13H16O3/c1-8-10-4-3-5-11(10)13(9(2)12(8)14)15-6-7-16-13/h3,5,8-9H,4,6-7H2,1-2H3/t8-,9+/m0/s1. The summed E-state index contributed by atoms with van der Waals surface area (Å²) >= 11 is 0. The molecule has 3 rings (SSSR count). The molecule has 1 heterocycles. The summed E-state index contributed by atoms with van der Waals surface area (Å²) in [5.74, 6) is -0.722. The number of carbonyl (C=O) groups is 1. The van der Waals surface area contributed by atoms with Gasteiger partial charge in [-0.2, -0.15) is 0 Å². The number of ether oxygens (including phenoxy) is 2. The fourth-order valence-electron chi connectivity index (χ4n) is 3.07. The van der Waals surface area contributed by atoms with E-state index in [0.29, 0.717) is 13.2 Å². The van der Waals surface area contributed by atoms with Gasteiger partial charge in [0, 0.05) is 11.5 Å². The second-order valence-corrected chi connectivity index (χ2v) is 4.76. The van der Waals surface area contributed by atoms with E-state index in [-0.39, 0.29) is 17.6 Å². The number of Topliss-reactive ketones (excluding diaryl/α,β-unsaturated/α-hetero) is 1. The molecule has 1 saturated heterocycles. The minimum atomic E-state index is -0.772. The Balaban J connectivity index is 2.15. The molecule has 0 radical (unpaired) electrons. The SMILES string of the molecule is C[C@@H]1C(=O)[C@@H](C)C2(OCCO2)C2=C1CC=C2. The average Bonchev–Trinajstić information content (AvgIpc) is 2.92. The van der Waals surface area contributed by atoms with Gasteiger partial charge in [-0.25, -0.2) is 0 Å². The van der Waals surface area contributed by atoms with E-state index in [2.05, 4.69) is 12.2 Å². The van der Waals surface area contributed by atoms with Gasteiger partial charge >= 0.3 is 0 Å². The third-order valence-corrected chi connectivity index (χ3v) is 4.01. The van der Waals surface area contributed by atoms with E-state index in [4.69, 9.17) is 9.47 Å². The summed E-state index contributed by atoms with van der Waals surface area (Å²) in [7, 11) is 0. The second kappa shape index (κ2) is 3.28. The Bertz CT molecular complexity index is 399. The van der Waals surface area contributed by atoms with Crippen molar-refractivity contribution in [1.29, 1.82) is 0 Å². The summed E-state index contributed by atoms with van der Waals surface area (Å²) in [5, 5.41) is 0. The van der Waals surface area contributed by atoms with Gasteiger partial charge in [-0.05, 0) is 18.9 Å². The van der Waals surface area contributed by atoms with Crippen LogP contribution in [0.1, 0.15) is 20.3 Å².